The summed E-state index contributed by atoms with van der Waals surface area (Å²) in [6.45, 7) is 9.31. The fourth-order valence-electron chi connectivity index (χ4n) is 4.21. The first-order valence-electron chi connectivity index (χ1n) is 11.4. The van der Waals surface area contributed by atoms with Crippen molar-refractivity contribution in [1.82, 2.24) is 14.9 Å². The smallest absolute Gasteiger partial charge is 0.270 e. The lowest BCUT2D eigenvalue weighted by atomic mass is 9.97. The second-order valence-electron chi connectivity index (χ2n) is 8.45. The Balaban J connectivity index is 1.31. The van der Waals surface area contributed by atoms with Gasteiger partial charge >= 0.3 is 0 Å². The summed E-state index contributed by atoms with van der Waals surface area (Å²) in [5, 5.41) is 14.5. The molecule has 186 valence electrons. The highest BCUT2D eigenvalue weighted by molar-refractivity contribution is 6.28. The molecule has 11 heteroatoms. The fraction of sp³-hybridized carbons (Fsp3) is 0.320. The standard InChI is InChI=1S/C25H24ClFN6O3/c1-28-21-10-7-18(33(34)35)15-22(21)36-14-13-32(2)12-11-29-24-20-9-8-19(23(20)30-25(26)31-24)16-3-5-17(27)6-4-16/h3-7,10,15,19H,8-9,11-14H2,2H3,(H,29,30,31). The van der Waals surface area contributed by atoms with Crippen LogP contribution in [0.5, 0.6) is 5.75 Å². The maximum absolute atomic E-state index is 13.3. The van der Waals surface area contributed by atoms with Gasteiger partial charge in [0.05, 0.1) is 23.8 Å². The van der Waals surface area contributed by atoms with E-state index >= 15 is 0 Å². The minimum atomic E-state index is -0.517. The average Bonchev–Trinajstić information content (AvgIpc) is 3.28. The zero-order chi connectivity index (χ0) is 25.7. The minimum absolute atomic E-state index is 0.0515. The van der Waals surface area contributed by atoms with Crippen LogP contribution in [0.15, 0.2) is 42.5 Å². The van der Waals surface area contributed by atoms with E-state index in [0.29, 0.717) is 25.5 Å². The van der Waals surface area contributed by atoms with Crippen molar-refractivity contribution in [3.05, 3.63) is 91.9 Å². The minimum Gasteiger partial charge on any atom is -0.503 e. The number of nitro benzene ring substituents is 1. The van der Waals surface area contributed by atoms with Crippen LogP contribution < -0.4 is 10.1 Å². The molecular formula is C25H24ClFN6O3. The Kier molecular flexibility index (Phi) is 7.93. The Morgan fingerprint density at radius 3 is 2.78 bits per heavy atom. The number of halogens is 2. The molecule has 0 spiro atoms. The number of ether oxygens (including phenoxy) is 1. The van der Waals surface area contributed by atoms with E-state index in [2.05, 4.69) is 20.1 Å². The second kappa shape index (κ2) is 11.3. The van der Waals surface area contributed by atoms with Gasteiger partial charge in [-0.2, -0.15) is 0 Å². The van der Waals surface area contributed by atoms with Gasteiger partial charge in [0.15, 0.2) is 0 Å². The summed E-state index contributed by atoms with van der Waals surface area (Å²) >= 11 is 6.22. The van der Waals surface area contributed by atoms with Crippen molar-refractivity contribution in [2.75, 3.05) is 38.6 Å². The Morgan fingerprint density at radius 1 is 1.28 bits per heavy atom. The van der Waals surface area contributed by atoms with Crippen LogP contribution in [0, 0.1) is 22.5 Å². The SMILES string of the molecule is [C-]#[N+]c1ccc([N+](=O)[O-])cc1OCCN(C)CCNc1nc(Cl)nc2c1CCC2c1ccc(F)cc1. The number of likely N-dealkylation sites (N-methyl/N-ethyl adjacent to an activating group) is 1. The average molecular weight is 511 g/mol. The van der Waals surface area contributed by atoms with Crippen LogP contribution in [0.4, 0.5) is 21.6 Å². The van der Waals surface area contributed by atoms with Gasteiger partial charge in [-0.3, -0.25) is 10.1 Å². The number of nitro groups is 1. The molecule has 0 bridgehead atoms. The number of nitrogens with one attached hydrogen (secondary N) is 1. The number of hydrogen-bond donors (Lipinski definition) is 1. The van der Waals surface area contributed by atoms with Gasteiger partial charge < -0.3 is 15.0 Å². The predicted octanol–water partition coefficient (Wildman–Crippen LogP) is 5.23. The predicted molar refractivity (Wildman–Crippen MR) is 134 cm³/mol. The van der Waals surface area contributed by atoms with Crippen molar-refractivity contribution >= 4 is 28.8 Å². The second-order valence-corrected chi connectivity index (χ2v) is 8.79. The number of nitrogens with zero attached hydrogens (tertiary/aromatic N) is 5. The van der Waals surface area contributed by atoms with Crippen molar-refractivity contribution < 1.29 is 14.1 Å². The lowest BCUT2D eigenvalue weighted by molar-refractivity contribution is -0.384. The highest BCUT2D eigenvalue weighted by Crippen LogP contribution is 2.40. The molecule has 1 unspecified atom stereocenters. The van der Waals surface area contributed by atoms with Gasteiger partial charge in [0.25, 0.3) is 5.69 Å². The van der Waals surface area contributed by atoms with E-state index in [9.17, 15) is 14.5 Å². The lowest BCUT2D eigenvalue weighted by Gasteiger charge is -2.19. The Hall–Kier alpha value is -3.81. The molecule has 9 nitrogen and oxygen atoms in total. The van der Waals surface area contributed by atoms with Crippen LogP contribution in [0.3, 0.4) is 0 Å². The topological polar surface area (TPSA) is 97.8 Å². The van der Waals surface area contributed by atoms with Crippen LogP contribution in [-0.4, -0.2) is 53.1 Å². The van der Waals surface area contributed by atoms with E-state index in [1.54, 1.807) is 12.1 Å². The summed E-state index contributed by atoms with van der Waals surface area (Å²) < 4.78 is 19.0. The molecule has 1 aromatic heterocycles. The number of aromatic nitrogens is 2. The van der Waals surface area contributed by atoms with E-state index < -0.39 is 4.92 Å². The molecule has 4 rings (SSSR count). The van der Waals surface area contributed by atoms with Gasteiger partial charge in [0.1, 0.15) is 17.4 Å². The molecule has 2 aromatic carbocycles. The van der Waals surface area contributed by atoms with Gasteiger partial charge in [0, 0.05) is 43.2 Å². The first-order chi connectivity index (χ1) is 17.4. The lowest BCUT2D eigenvalue weighted by Crippen LogP contribution is -2.29. The van der Waals surface area contributed by atoms with Crippen molar-refractivity contribution in [3.63, 3.8) is 0 Å². The van der Waals surface area contributed by atoms with Gasteiger partial charge in [0.2, 0.25) is 11.0 Å². The van der Waals surface area contributed by atoms with E-state index in [0.717, 1.165) is 29.7 Å². The molecule has 1 aliphatic carbocycles. The van der Waals surface area contributed by atoms with Gasteiger partial charge in [-0.05, 0) is 55.3 Å². The Morgan fingerprint density at radius 2 is 2.06 bits per heavy atom. The monoisotopic (exact) mass is 510 g/mol. The molecule has 1 aliphatic rings. The molecule has 0 radical (unpaired) electrons. The van der Waals surface area contributed by atoms with Gasteiger partial charge in [-0.1, -0.05) is 12.1 Å². The number of non-ortho nitro benzene ring substituents is 1. The number of fused-ring (bicyclic) bond motifs is 1. The van der Waals surface area contributed by atoms with Crippen molar-refractivity contribution in [1.29, 1.82) is 0 Å². The highest BCUT2D eigenvalue weighted by atomic mass is 35.5. The summed E-state index contributed by atoms with van der Waals surface area (Å²) in [5.74, 6) is 0.687. The highest BCUT2D eigenvalue weighted by Gasteiger charge is 2.29. The van der Waals surface area contributed by atoms with Crippen LogP contribution in [0.25, 0.3) is 4.85 Å². The van der Waals surface area contributed by atoms with E-state index in [1.807, 2.05) is 11.9 Å². The van der Waals surface area contributed by atoms with E-state index in [1.165, 1.54) is 30.3 Å². The molecule has 3 aromatic rings. The third kappa shape index (κ3) is 5.87. The third-order valence-electron chi connectivity index (χ3n) is 6.09. The molecule has 36 heavy (non-hydrogen) atoms. The van der Waals surface area contributed by atoms with E-state index in [4.69, 9.17) is 22.9 Å². The normalized spacial score (nSPS) is 14.4. The van der Waals surface area contributed by atoms with Crippen LogP contribution >= 0.6 is 11.6 Å². The van der Waals surface area contributed by atoms with Crippen molar-refractivity contribution in [2.45, 2.75) is 18.8 Å². The molecule has 0 saturated carbocycles. The number of anilines is 1. The molecule has 0 saturated heterocycles. The molecule has 1 heterocycles. The summed E-state index contributed by atoms with van der Waals surface area (Å²) in [4.78, 5) is 24.7. The first-order valence-corrected chi connectivity index (χ1v) is 11.8. The molecule has 0 aliphatic heterocycles. The summed E-state index contributed by atoms with van der Waals surface area (Å²) in [6, 6.07) is 10.4. The summed E-state index contributed by atoms with van der Waals surface area (Å²) in [5.41, 5.74) is 3.02. The zero-order valence-corrected chi connectivity index (χ0v) is 20.3. The largest absolute Gasteiger partial charge is 0.503 e. The number of hydrogen-bond acceptors (Lipinski definition) is 7. The van der Waals surface area contributed by atoms with E-state index in [-0.39, 0.29) is 40.7 Å². The molecular weight excluding hydrogens is 487 g/mol. The summed E-state index contributed by atoms with van der Waals surface area (Å²) in [6.07, 6.45) is 1.65. The van der Waals surface area contributed by atoms with Crippen LogP contribution in [0.2, 0.25) is 5.28 Å². The Labute approximate surface area is 212 Å². The summed E-state index contributed by atoms with van der Waals surface area (Å²) in [7, 11) is 1.93. The fourth-order valence-corrected chi connectivity index (χ4v) is 4.39. The zero-order valence-electron chi connectivity index (χ0n) is 19.6. The molecule has 1 N–H and O–H groups in total. The molecule has 1 atom stereocenters. The quantitative estimate of drug-likeness (QED) is 0.172. The van der Waals surface area contributed by atoms with Crippen LogP contribution in [-0.2, 0) is 6.42 Å². The van der Waals surface area contributed by atoms with Crippen molar-refractivity contribution in [2.24, 2.45) is 0 Å². The maximum Gasteiger partial charge on any atom is 0.270 e. The third-order valence-corrected chi connectivity index (χ3v) is 6.26. The van der Waals surface area contributed by atoms with Crippen LogP contribution in [0.1, 0.15) is 29.2 Å². The van der Waals surface area contributed by atoms with Crippen molar-refractivity contribution in [3.8, 4) is 5.75 Å². The Bertz CT molecular complexity index is 1300. The number of benzene rings is 2. The first kappa shape index (κ1) is 25.3. The van der Waals surface area contributed by atoms with Gasteiger partial charge in [-0.15, -0.1) is 0 Å². The number of rotatable bonds is 10. The molecule has 0 fully saturated rings. The molecule has 0 amide bonds. The van der Waals surface area contributed by atoms with Gasteiger partial charge in [-0.25, -0.2) is 19.2 Å². The maximum atomic E-state index is 13.3.